The van der Waals surface area contributed by atoms with Crippen molar-refractivity contribution < 1.29 is 0 Å². The number of hydrogen-bond acceptors (Lipinski definition) is 0. The van der Waals surface area contributed by atoms with E-state index in [2.05, 4.69) is 83.1 Å². The van der Waals surface area contributed by atoms with Crippen molar-refractivity contribution in [2.45, 2.75) is 128 Å². The van der Waals surface area contributed by atoms with E-state index in [1.807, 2.05) is 0 Å². The van der Waals surface area contributed by atoms with Crippen molar-refractivity contribution in [3.05, 3.63) is 33.4 Å². The molecule has 1 aromatic rings. The van der Waals surface area contributed by atoms with Crippen LogP contribution >= 0.6 is 0 Å². The van der Waals surface area contributed by atoms with E-state index in [0.29, 0.717) is 16.2 Å². The fraction of sp³-hybridized carbons (Fsp3) is 0.800. The van der Waals surface area contributed by atoms with Crippen molar-refractivity contribution in [2.75, 3.05) is 0 Å². The maximum atomic E-state index is 2.58. The second-order valence-electron chi connectivity index (χ2n) is 13.3. The number of fused-ring (bicyclic) bond motifs is 1. The van der Waals surface area contributed by atoms with Gasteiger partial charge >= 0.3 is 0 Å². The highest BCUT2D eigenvalue weighted by atomic mass is 14.4. The molecule has 0 heteroatoms. The van der Waals surface area contributed by atoms with Crippen LogP contribution in [0.25, 0.3) is 0 Å². The van der Waals surface area contributed by atoms with Crippen LogP contribution in [0.1, 0.15) is 121 Å². The number of hydrogen-bond donors (Lipinski definition) is 0. The lowest BCUT2D eigenvalue weighted by Crippen LogP contribution is -2.35. The van der Waals surface area contributed by atoms with E-state index in [9.17, 15) is 0 Å². The molecule has 2 rings (SSSR count). The summed E-state index contributed by atoms with van der Waals surface area (Å²) in [5, 5.41) is 0. The molecular weight excluding hydrogens is 360 g/mol. The van der Waals surface area contributed by atoms with E-state index in [1.54, 1.807) is 22.3 Å². The smallest absolute Gasteiger partial charge is 0.0219 e. The highest BCUT2D eigenvalue weighted by molar-refractivity contribution is 5.51. The summed E-state index contributed by atoms with van der Waals surface area (Å²) in [7, 11) is 0. The summed E-state index contributed by atoms with van der Waals surface area (Å²) < 4.78 is 0. The summed E-state index contributed by atoms with van der Waals surface area (Å²) in [5.74, 6) is 1.57. The van der Waals surface area contributed by atoms with Crippen LogP contribution in [-0.2, 0) is 12.8 Å². The van der Waals surface area contributed by atoms with Crippen molar-refractivity contribution in [3.8, 4) is 0 Å². The van der Waals surface area contributed by atoms with Crippen LogP contribution in [0.2, 0.25) is 0 Å². The van der Waals surface area contributed by atoms with Gasteiger partial charge in [-0.05, 0) is 128 Å². The van der Waals surface area contributed by atoms with E-state index < -0.39 is 0 Å². The zero-order chi connectivity index (χ0) is 23.1. The third-order valence-electron chi connectivity index (χ3n) is 9.00. The summed E-state index contributed by atoms with van der Waals surface area (Å²) in [6, 6.07) is 0. The van der Waals surface area contributed by atoms with Gasteiger partial charge in [0.25, 0.3) is 0 Å². The minimum Gasteiger partial charge on any atom is -0.0628 e. The Kier molecular flexibility index (Phi) is 7.64. The second-order valence-corrected chi connectivity index (χ2v) is 13.3. The molecule has 0 aromatic heterocycles. The number of rotatable bonds is 8. The average Bonchev–Trinajstić information content (AvgIpc) is 2.61. The SMILES string of the molecule is Cc1c(C)c(C)c2c(c1C)CCC(C)(CC(C)(C)CC(C)C(C)(C)CCC(C)C)C2. The van der Waals surface area contributed by atoms with Gasteiger partial charge in [-0.1, -0.05) is 61.8 Å². The normalized spacial score (nSPS) is 21.1. The molecule has 0 amide bonds. The van der Waals surface area contributed by atoms with Gasteiger partial charge in [0.1, 0.15) is 0 Å². The Bertz CT molecular complexity index is 746. The predicted molar refractivity (Wildman–Crippen MR) is 136 cm³/mol. The molecule has 0 nitrogen and oxygen atoms in total. The topological polar surface area (TPSA) is 0 Å². The van der Waals surface area contributed by atoms with Gasteiger partial charge in [-0.3, -0.25) is 0 Å². The van der Waals surface area contributed by atoms with E-state index in [1.165, 1.54) is 56.1 Å². The molecule has 0 spiro atoms. The van der Waals surface area contributed by atoms with Crippen LogP contribution in [0.5, 0.6) is 0 Å². The van der Waals surface area contributed by atoms with Crippen molar-refractivity contribution >= 4 is 0 Å². The Morgan fingerprint density at radius 3 is 1.90 bits per heavy atom. The maximum Gasteiger partial charge on any atom is -0.0219 e. The van der Waals surface area contributed by atoms with Crippen LogP contribution < -0.4 is 0 Å². The lowest BCUT2D eigenvalue weighted by molar-refractivity contribution is 0.0879. The van der Waals surface area contributed by atoms with Crippen molar-refractivity contribution in [1.82, 2.24) is 0 Å². The van der Waals surface area contributed by atoms with Gasteiger partial charge in [-0.15, -0.1) is 0 Å². The molecule has 0 bridgehead atoms. The van der Waals surface area contributed by atoms with E-state index in [0.717, 1.165) is 11.8 Å². The zero-order valence-corrected chi connectivity index (χ0v) is 22.6. The molecule has 1 aliphatic rings. The van der Waals surface area contributed by atoms with E-state index in [4.69, 9.17) is 0 Å². The first-order chi connectivity index (χ1) is 13.6. The lowest BCUT2D eigenvalue weighted by Gasteiger charge is -2.45. The van der Waals surface area contributed by atoms with Crippen molar-refractivity contribution in [1.29, 1.82) is 0 Å². The van der Waals surface area contributed by atoms with Crippen LogP contribution in [0, 0.1) is 55.8 Å². The Morgan fingerprint density at radius 1 is 0.833 bits per heavy atom. The van der Waals surface area contributed by atoms with Gasteiger partial charge in [0.2, 0.25) is 0 Å². The molecule has 1 aromatic carbocycles. The van der Waals surface area contributed by atoms with Crippen LogP contribution in [-0.4, -0.2) is 0 Å². The standard InChI is InChI=1S/C30H52/c1-20(2)13-15-29(10,11)21(3)17-28(8,9)19-30(12)16-14-26-24(6)22(4)23(5)25(7)27(26)18-30/h20-21H,13-19H2,1-12H3. The van der Waals surface area contributed by atoms with Gasteiger partial charge in [0.05, 0.1) is 0 Å². The summed E-state index contributed by atoms with van der Waals surface area (Å²) in [6.45, 7) is 29.3. The first kappa shape index (κ1) is 25.5. The first-order valence-corrected chi connectivity index (χ1v) is 12.7. The second kappa shape index (κ2) is 8.99. The molecule has 2 atom stereocenters. The molecule has 0 heterocycles. The molecule has 30 heavy (non-hydrogen) atoms. The molecule has 0 saturated heterocycles. The fourth-order valence-electron chi connectivity index (χ4n) is 6.38. The van der Waals surface area contributed by atoms with Crippen LogP contribution in [0.3, 0.4) is 0 Å². The zero-order valence-electron chi connectivity index (χ0n) is 22.6. The van der Waals surface area contributed by atoms with E-state index >= 15 is 0 Å². The fourth-order valence-corrected chi connectivity index (χ4v) is 6.38. The van der Waals surface area contributed by atoms with Crippen LogP contribution in [0.4, 0.5) is 0 Å². The Balaban J connectivity index is 2.16. The Morgan fingerprint density at radius 2 is 1.37 bits per heavy atom. The summed E-state index contributed by atoms with van der Waals surface area (Å²) in [6.07, 6.45) is 9.27. The molecule has 0 N–H and O–H groups in total. The molecular formula is C30H52. The van der Waals surface area contributed by atoms with Gasteiger partial charge in [-0.25, -0.2) is 0 Å². The minimum atomic E-state index is 0.392. The van der Waals surface area contributed by atoms with Gasteiger partial charge in [0.15, 0.2) is 0 Å². The van der Waals surface area contributed by atoms with Crippen molar-refractivity contribution in [3.63, 3.8) is 0 Å². The molecule has 0 fully saturated rings. The first-order valence-electron chi connectivity index (χ1n) is 12.7. The van der Waals surface area contributed by atoms with Crippen LogP contribution in [0.15, 0.2) is 0 Å². The Labute approximate surface area is 189 Å². The predicted octanol–water partition coefficient (Wildman–Crippen LogP) is 9.32. The highest BCUT2D eigenvalue weighted by Crippen LogP contribution is 2.49. The maximum absolute atomic E-state index is 2.58. The lowest BCUT2D eigenvalue weighted by atomic mass is 9.60. The number of benzene rings is 1. The Hall–Kier alpha value is -0.780. The summed E-state index contributed by atoms with van der Waals surface area (Å²) in [5.41, 5.74) is 10.8. The largest absolute Gasteiger partial charge is 0.0628 e. The summed E-state index contributed by atoms with van der Waals surface area (Å²) in [4.78, 5) is 0. The quantitative estimate of drug-likeness (QED) is 0.399. The minimum absolute atomic E-state index is 0.392. The van der Waals surface area contributed by atoms with Gasteiger partial charge < -0.3 is 0 Å². The molecule has 0 radical (unpaired) electrons. The monoisotopic (exact) mass is 412 g/mol. The van der Waals surface area contributed by atoms with Gasteiger partial charge in [0, 0.05) is 0 Å². The molecule has 0 saturated carbocycles. The van der Waals surface area contributed by atoms with Crippen molar-refractivity contribution in [2.24, 2.45) is 28.1 Å². The molecule has 2 unspecified atom stereocenters. The third kappa shape index (κ3) is 5.72. The summed E-state index contributed by atoms with van der Waals surface area (Å²) >= 11 is 0. The van der Waals surface area contributed by atoms with E-state index in [-0.39, 0.29) is 0 Å². The third-order valence-corrected chi connectivity index (χ3v) is 9.00. The molecule has 0 aliphatic heterocycles. The van der Waals surface area contributed by atoms with Gasteiger partial charge in [-0.2, -0.15) is 0 Å². The molecule has 1 aliphatic carbocycles. The highest BCUT2D eigenvalue weighted by Gasteiger charge is 2.39. The average molecular weight is 413 g/mol. The molecule has 172 valence electrons.